The molecule has 2 heterocycles. The summed E-state index contributed by atoms with van der Waals surface area (Å²) in [7, 11) is 3.12. The number of amides is 2. The van der Waals surface area contributed by atoms with E-state index in [1.54, 1.807) is 49.5 Å². The van der Waals surface area contributed by atoms with Gasteiger partial charge in [0.25, 0.3) is 11.8 Å². The van der Waals surface area contributed by atoms with Crippen LogP contribution in [0.3, 0.4) is 0 Å². The maximum atomic E-state index is 12.4. The van der Waals surface area contributed by atoms with E-state index in [1.165, 1.54) is 6.26 Å². The number of nitrogens with zero attached hydrogens (tertiary/aromatic N) is 1. The van der Waals surface area contributed by atoms with Gasteiger partial charge >= 0.3 is 0 Å². The lowest BCUT2D eigenvalue weighted by molar-refractivity contribution is -0.895. The van der Waals surface area contributed by atoms with E-state index < -0.39 is 0 Å². The van der Waals surface area contributed by atoms with E-state index in [2.05, 4.69) is 5.32 Å². The number of quaternary nitrogens is 1. The second kappa shape index (κ2) is 8.59. The lowest BCUT2D eigenvalue weighted by atomic mass is 10.2. The first kappa shape index (κ1) is 18.8. The maximum Gasteiger partial charge on any atom is 0.289 e. The fourth-order valence-corrected chi connectivity index (χ4v) is 3.09. The van der Waals surface area contributed by atoms with E-state index in [0.29, 0.717) is 55.7 Å². The van der Waals surface area contributed by atoms with Gasteiger partial charge in [0.05, 0.1) is 52.3 Å². The molecule has 144 valence electrons. The Morgan fingerprint density at radius 1 is 1.19 bits per heavy atom. The highest BCUT2D eigenvalue weighted by Gasteiger charge is 2.27. The molecular weight excluding hydrogens is 350 g/mol. The van der Waals surface area contributed by atoms with E-state index in [4.69, 9.17) is 13.9 Å². The Morgan fingerprint density at radius 2 is 1.96 bits per heavy atom. The molecule has 0 radical (unpaired) electrons. The minimum absolute atomic E-state index is 0.107. The first-order valence-corrected chi connectivity index (χ1v) is 8.79. The fraction of sp³-hybridized carbons (Fsp3) is 0.368. The Labute approximate surface area is 157 Å². The average molecular weight is 374 g/mol. The number of rotatable bonds is 6. The lowest BCUT2D eigenvalue weighted by Gasteiger charge is -2.31. The Kier molecular flexibility index (Phi) is 5.97. The molecule has 2 aromatic rings. The molecule has 0 spiro atoms. The molecule has 8 heteroatoms. The van der Waals surface area contributed by atoms with Crippen LogP contribution in [0.5, 0.6) is 11.5 Å². The fourth-order valence-electron chi connectivity index (χ4n) is 3.09. The molecule has 3 rings (SSSR count). The normalized spacial score (nSPS) is 14.7. The van der Waals surface area contributed by atoms with Gasteiger partial charge in [0.2, 0.25) is 0 Å². The van der Waals surface area contributed by atoms with Crippen molar-refractivity contribution < 1.29 is 28.4 Å². The maximum absolute atomic E-state index is 12.4. The molecule has 2 N–H and O–H groups in total. The van der Waals surface area contributed by atoms with Gasteiger partial charge in [-0.1, -0.05) is 0 Å². The predicted octanol–water partition coefficient (Wildman–Crippen LogP) is 0.276. The SMILES string of the molecule is COc1ccc(OC)c(NC(=O)C[NH+]2CCN(C(=O)c3ccco3)CC2)c1. The van der Waals surface area contributed by atoms with Crippen LogP contribution in [0.2, 0.25) is 0 Å². The quantitative estimate of drug-likeness (QED) is 0.759. The molecular formula is C19H24N3O5+. The van der Waals surface area contributed by atoms with Crippen LogP contribution >= 0.6 is 0 Å². The number of carbonyl (C=O) groups is 2. The number of piperazine rings is 1. The molecule has 8 nitrogen and oxygen atoms in total. The summed E-state index contributed by atoms with van der Waals surface area (Å²) in [6.45, 7) is 2.91. The molecule has 1 aromatic heterocycles. The van der Waals surface area contributed by atoms with Crippen molar-refractivity contribution in [3.05, 3.63) is 42.4 Å². The molecule has 0 atom stereocenters. The molecule has 0 bridgehead atoms. The number of methoxy groups -OCH3 is 2. The molecule has 1 aliphatic heterocycles. The summed E-state index contributed by atoms with van der Waals surface area (Å²) in [5, 5.41) is 2.88. The van der Waals surface area contributed by atoms with E-state index in [-0.39, 0.29) is 11.8 Å². The van der Waals surface area contributed by atoms with Crippen LogP contribution in [0.4, 0.5) is 5.69 Å². The molecule has 0 aliphatic carbocycles. The lowest BCUT2D eigenvalue weighted by Crippen LogP contribution is -3.15. The van der Waals surface area contributed by atoms with Crippen LogP contribution < -0.4 is 19.7 Å². The third-order valence-corrected chi connectivity index (χ3v) is 4.58. The summed E-state index contributed by atoms with van der Waals surface area (Å²) in [6, 6.07) is 8.61. The molecule has 1 aliphatic rings. The Bertz CT molecular complexity index is 783. The first-order chi connectivity index (χ1) is 13.1. The second-order valence-electron chi connectivity index (χ2n) is 6.31. The predicted molar refractivity (Wildman–Crippen MR) is 98.4 cm³/mol. The zero-order valence-corrected chi connectivity index (χ0v) is 15.5. The van der Waals surface area contributed by atoms with Crippen molar-refractivity contribution in [2.75, 3.05) is 52.3 Å². The van der Waals surface area contributed by atoms with E-state index in [1.807, 2.05) is 0 Å². The zero-order chi connectivity index (χ0) is 19.2. The Hall–Kier alpha value is -3.00. The molecule has 27 heavy (non-hydrogen) atoms. The highest BCUT2D eigenvalue weighted by atomic mass is 16.5. The van der Waals surface area contributed by atoms with Gasteiger partial charge in [-0.3, -0.25) is 9.59 Å². The summed E-state index contributed by atoms with van der Waals surface area (Å²) in [6.07, 6.45) is 1.49. The Balaban J connectivity index is 1.52. The van der Waals surface area contributed by atoms with Crippen LogP contribution in [0.25, 0.3) is 0 Å². The third-order valence-electron chi connectivity index (χ3n) is 4.58. The van der Waals surface area contributed by atoms with Gasteiger partial charge in [-0.15, -0.1) is 0 Å². The summed E-state index contributed by atoms with van der Waals surface area (Å²) < 4.78 is 15.6. The molecule has 0 unspecified atom stereocenters. The third kappa shape index (κ3) is 4.59. The smallest absolute Gasteiger partial charge is 0.289 e. The largest absolute Gasteiger partial charge is 0.497 e. The van der Waals surface area contributed by atoms with Crippen LogP contribution in [0.1, 0.15) is 10.6 Å². The van der Waals surface area contributed by atoms with Crippen LogP contribution in [-0.4, -0.2) is 63.7 Å². The summed E-state index contributed by atoms with van der Waals surface area (Å²) in [4.78, 5) is 27.6. The van der Waals surface area contributed by atoms with E-state index in [0.717, 1.165) is 4.90 Å². The standard InChI is InChI=1S/C19H23N3O5/c1-25-14-5-6-16(26-2)15(12-14)20-18(23)13-21-7-9-22(10-8-21)19(24)17-4-3-11-27-17/h3-6,11-12H,7-10,13H2,1-2H3,(H,20,23)/p+1. The van der Waals surface area contributed by atoms with Gasteiger partial charge in [-0.05, 0) is 24.3 Å². The summed E-state index contributed by atoms with van der Waals surface area (Å²) in [5.74, 6) is 1.35. The molecule has 1 saturated heterocycles. The van der Waals surface area contributed by atoms with Crippen molar-refractivity contribution in [3.8, 4) is 11.5 Å². The number of carbonyl (C=O) groups excluding carboxylic acids is 2. The van der Waals surface area contributed by atoms with Gasteiger partial charge < -0.3 is 29.0 Å². The topological polar surface area (TPSA) is 85.5 Å². The number of anilines is 1. The second-order valence-corrected chi connectivity index (χ2v) is 6.31. The number of hydrogen-bond acceptors (Lipinski definition) is 5. The molecule has 1 fully saturated rings. The average Bonchev–Trinajstić information content (AvgIpc) is 3.22. The van der Waals surface area contributed by atoms with E-state index in [9.17, 15) is 9.59 Å². The van der Waals surface area contributed by atoms with Crippen LogP contribution in [-0.2, 0) is 4.79 Å². The molecule has 2 amide bonds. The highest BCUT2D eigenvalue weighted by Crippen LogP contribution is 2.28. The van der Waals surface area contributed by atoms with Gasteiger partial charge in [-0.2, -0.15) is 0 Å². The van der Waals surface area contributed by atoms with Crippen molar-refractivity contribution in [1.29, 1.82) is 0 Å². The molecule has 0 saturated carbocycles. The van der Waals surface area contributed by atoms with Crippen molar-refractivity contribution in [1.82, 2.24) is 4.90 Å². The summed E-state index contributed by atoms with van der Waals surface area (Å²) >= 11 is 0. The monoisotopic (exact) mass is 374 g/mol. The van der Waals surface area contributed by atoms with E-state index >= 15 is 0 Å². The van der Waals surface area contributed by atoms with Gasteiger partial charge in [-0.25, -0.2) is 0 Å². The summed E-state index contributed by atoms with van der Waals surface area (Å²) in [5.41, 5.74) is 0.577. The minimum atomic E-state index is -0.109. The number of hydrogen-bond donors (Lipinski definition) is 2. The van der Waals surface area contributed by atoms with Crippen molar-refractivity contribution in [2.45, 2.75) is 0 Å². The van der Waals surface area contributed by atoms with Crippen molar-refractivity contribution >= 4 is 17.5 Å². The first-order valence-electron chi connectivity index (χ1n) is 8.79. The van der Waals surface area contributed by atoms with Crippen molar-refractivity contribution in [2.24, 2.45) is 0 Å². The number of nitrogens with one attached hydrogen (secondary N) is 2. The Morgan fingerprint density at radius 3 is 2.59 bits per heavy atom. The van der Waals surface area contributed by atoms with Gasteiger partial charge in [0, 0.05) is 6.07 Å². The van der Waals surface area contributed by atoms with Crippen LogP contribution in [0, 0.1) is 0 Å². The number of benzene rings is 1. The molecule has 1 aromatic carbocycles. The number of ether oxygens (including phenoxy) is 2. The minimum Gasteiger partial charge on any atom is -0.497 e. The van der Waals surface area contributed by atoms with Gasteiger partial charge in [0.1, 0.15) is 11.5 Å². The van der Waals surface area contributed by atoms with Crippen LogP contribution in [0.15, 0.2) is 41.0 Å². The zero-order valence-electron chi connectivity index (χ0n) is 15.5. The van der Waals surface area contributed by atoms with Crippen molar-refractivity contribution in [3.63, 3.8) is 0 Å². The van der Waals surface area contributed by atoms with Gasteiger partial charge in [0.15, 0.2) is 12.3 Å². The highest BCUT2D eigenvalue weighted by molar-refractivity contribution is 5.93. The number of furan rings is 1.